The second kappa shape index (κ2) is 11.2. The molecule has 0 aromatic heterocycles. The van der Waals surface area contributed by atoms with Crippen molar-refractivity contribution in [3.05, 3.63) is 126 Å². The number of carbonyl (C=O) groups excluding carboxylic acids is 3. The second-order valence-electron chi connectivity index (χ2n) is 10.8. The van der Waals surface area contributed by atoms with E-state index in [-0.39, 0.29) is 11.7 Å². The maximum atomic E-state index is 14.7. The van der Waals surface area contributed by atoms with Gasteiger partial charge in [0.1, 0.15) is 5.75 Å². The van der Waals surface area contributed by atoms with Gasteiger partial charge in [0.2, 0.25) is 0 Å². The Morgan fingerprint density at radius 3 is 2.19 bits per heavy atom. The fourth-order valence-corrected chi connectivity index (χ4v) is 6.86. The van der Waals surface area contributed by atoms with Gasteiger partial charge in [0, 0.05) is 34.5 Å². The summed E-state index contributed by atoms with van der Waals surface area (Å²) in [6.07, 6.45) is 1.36. The van der Waals surface area contributed by atoms with E-state index in [1.165, 1.54) is 0 Å². The van der Waals surface area contributed by atoms with Crippen LogP contribution in [0.1, 0.15) is 47.2 Å². The van der Waals surface area contributed by atoms with Crippen molar-refractivity contribution in [2.75, 3.05) is 17.7 Å². The molecule has 4 aromatic rings. The molecule has 3 amide bonds. The number of anilines is 2. The molecule has 0 radical (unpaired) electrons. The first-order chi connectivity index (χ1) is 20.5. The summed E-state index contributed by atoms with van der Waals surface area (Å²) in [4.78, 5) is 45.4. The van der Waals surface area contributed by atoms with Gasteiger partial charge in [-0.15, -0.1) is 0 Å². The van der Waals surface area contributed by atoms with Crippen LogP contribution >= 0.6 is 0 Å². The Morgan fingerprint density at radius 1 is 0.881 bits per heavy atom. The van der Waals surface area contributed by atoms with Gasteiger partial charge in [-0.3, -0.25) is 9.59 Å². The predicted octanol–water partition coefficient (Wildman–Crippen LogP) is 6.84. The number of nitrogens with zero attached hydrogens (tertiary/aromatic N) is 1. The van der Waals surface area contributed by atoms with Crippen molar-refractivity contribution in [2.45, 2.75) is 37.3 Å². The molecule has 212 valence electrons. The number of para-hydroxylation sites is 1. The summed E-state index contributed by atoms with van der Waals surface area (Å²) in [5.41, 5.74) is 1.66. The SMILES string of the molecule is CCCC1C(c2ccccc2)C(C(=O)c2ccccc2)C2(C(=O)Nc3ccccc32)N1C(=O)Nc1ccc(OC)cc1. The monoisotopic (exact) mass is 559 g/mol. The summed E-state index contributed by atoms with van der Waals surface area (Å²) >= 11 is 0. The molecule has 1 fully saturated rings. The van der Waals surface area contributed by atoms with E-state index in [0.717, 1.165) is 12.0 Å². The molecular weight excluding hydrogens is 526 g/mol. The molecule has 2 aliphatic rings. The minimum atomic E-state index is -1.57. The summed E-state index contributed by atoms with van der Waals surface area (Å²) in [5.74, 6) is -1.18. The van der Waals surface area contributed by atoms with Crippen LogP contribution in [0.4, 0.5) is 16.2 Å². The quantitative estimate of drug-likeness (QED) is 0.243. The van der Waals surface area contributed by atoms with Crippen LogP contribution in [-0.2, 0) is 10.3 Å². The highest BCUT2D eigenvalue weighted by Crippen LogP contribution is 2.59. The second-order valence-corrected chi connectivity index (χ2v) is 10.8. The topological polar surface area (TPSA) is 87.7 Å². The number of methoxy groups -OCH3 is 1. The van der Waals surface area contributed by atoms with Gasteiger partial charge in [-0.25, -0.2) is 4.79 Å². The normalized spacial score (nSPS) is 22.5. The van der Waals surface area contributed by atoms with E-state index in [1.54, 1.807) is 48.4 Å². The van der Waals surface area contributed by atoms with E-state index in [2.05, 4.69) is 17.6 Å². The van der Waals surface area contributed by atoms with E-state index >= 15 is 0 Å². The van der Waals surface area contributed by atoms with E-state index in [9.17, 15) is 14.4 Å². The van der Waals surface area contributed by atoms with Crippen molar-refractivity contribution in [1.29, 1.82) is 0 Å². The molecular formula is C35H33N3O4. The van der Waals surface area contributed by atoms with Gasteiger partial charge < -0.3 is 20.3 Å². The molecule has 42 heavy (non-hydrogen) atoms. The van der Waals surface area contributed by atoms with Gasteiger partial charge in [-0.1, -0.05) is 92.2 Å². The highest BCUT2D eigenvalue weighted by atomic mass is 16.5. The van der Waals surface area contributed by atoms with Gasteiger partial charge in [0.05, 0.1) is 13.0 Å². The first-order valence-corrected chi connectivity index (χ1v) is 14.3. The molecule has 0 saturated carbocycles. The third-order valence-corrected chi connectivity index (χ3v) is 8.54. The Bertz CT molecular complexity index is 1610. The van der Waals surface area contributed by atoms with Gasteiger partial charge in [0.25, 0.3) is 5.91 Å². The van der Waals surface area contributed by atoms with E-state index in [4.69, 9.17) is 4.74 Å². The van der Waals surface area contributed by atoms with Crippen LogP contribution in [0, 0.1) is 5.92 Å². The van der Waals surface area contributed by atoms with Crippen LogP contribution in [0.5, 0.6) is 5.75 Å². The Morgan fingerprint density at radius 2 is 1.52 bits per heavy atom. The van der Waals surface area contributed by atoms with Crippen molar-refractivity contribution in [2.24, 2.45) is 5.92 Å². The van der Waals surface area contributed by atoms with Crippen LogP contribution in [0.2, 0.25) is 0 Å². The maximum Gasteiger partial charge on any atom is 0.323 e. The van der Waals surface area contributed by atoms with Crippen molar-refractivity contribution in [1.82, 2.24) is 4.90 Å². The minimum Gasteiger partial charge on any atom is -0.497 e. The number of nitrogens with one attached hydrogen (secondary N) is 2. The number of hydrogen-bond acceptors (Lipinski definition) is 4. The maximum absolute atomic E-state index is 14.7. The van der Waals surface area contributed by atoms with Gasteiger partial charge in [0.15, 0.2) is 11.3 Å². The number of carbonyl (C=O) groups is 3. The van der Waals surface area contributed by atoms with E-state index in [0.29, 0.717) is 34.7 Å². The molecule has 4 aromatic carbocycles. The fraction of sp³-hybridized carbons (Fsp3) is 0.229. The molecule has 2 heterocycles. The average Bonchev–Trinajstić information content (AvgIpc) is 3.49. The zero-order valence-electron chi connectivity index (χ0n) is 23.6. The molecule has 7 nitrogen and oxygen atoms in total. The first-order valence-electron chi connectivity index (χ1n) is 14.3. The first kappa shape index (κ1) is 27.3. The zero-order chi connectivity index (χ0) is 29.3. The summed E-state index contributed by atoms with van der Waals surface area (Å²) in [6, 6.07) is 32.5. The number of amides is 3. The lowest BCUT2D eigenvalue weighted by Crippen LogP contribution is -2.57. The number of urea groups is 1. The summed E-state index contributed by atoms with van der Waals surface area (Å²) in [6.45, 7) is 2.06. The van der Waals surface area contributed by atoms with Crippen LogP contribution in [0.25, 0.3) is 0 Å². The van der Waals surface area contributed by atoms with E-state index in [1.807, 2.05) is 72.8 Å². The van der Waals surface area contributed by atoms with Gasteiger partial charge in [-0.05, 0) is 42.3 Å². The minimum absolute atomic E-state index is 0.169. The summed E-state index contributed by atoms with van der Waals surface area (Å²) < 4.78 is 5.28. The molecule has 1 spiro atoms. The number of ether oxygens (including phenoxy) is 1. The fourth-order valence-electron chi connectivity index (χ4n) is 6.86. The average molecular weight is 560 g/mol. The van der Waals surface area contributed by atoms with Crippen LogP contribution in [0.3, 0.4) is 0 Å². The Hall–Kier alpha value is -4.91. The molecule has 0 bridgehead atoms. The smallest absolute Gasteiger partial charge is 0.323 e. The standard InChI is InChI=1S/C35H33N3O4/c1-3-12-29-30(23-13-6-4-7-14-23)31(32(39)24-15-8-5-9-16-24)35(27-17-10-11-18-28(27)37-33(35)40)38(29)34(41)36-25-19-21-26(42-2)22-20-25/h4-11,13-22,29-31H,3,12H2,1-2H3,(H,36,41)(H,37,40). The highest BCUT2D eigenvalue weighted by molar-refractivity contribution is 6.14. The lowest BCUT2D eigenvalue weighted by molar-refractivity contribution is -0.126. The Balaban J connectivity index is 1.60. The number of likely N-dealkylation sites (tertiary alicyclic amines) is 1. The van der Waals surface area contributed by atoms with Crippen molar-refractivity contribution >= 4 is 29.1 Å². The predicted molar refractivity (Wildman–Crippen MR) is 163 cm³/mol. The zero-order valence-corrected chi connectivity index (χ0v) is 23.6. The molecule has 6 rings (SSSR count). The molecule has 2 aliphatic heterocycles. The Labute approximate surface area is 245 Å². The third kappa shape index (κ3) is 4.33. The lowest BCUT2D eigenvalue weighted by Gasteiger charge is -2.39. The van der Waals surface area contributed by atoms with Crippen molar-refractivity contribution in [3.8, 4) is 5.75 Å². The third-order valence-electron chi connectivity index (χ3n) is 8.54. The molecule has 7 heteroatoms. The highest BCUT2D eigenvalue weighted by Gasteiger charge is 2.69. The lowest BCUT2D eigenvalue weighted by atomic mass is 9.69. The summed E-state index contributed by atoms with van der Waals surface area (Å²) in [7, 11) is 1.58. The van der Waals surface area contributed by atoms with Gasteiger partial charge >= 0.3 is 6.03 Å². The number of benzene rings is 4. The number of Topliss-reactive ketones (excluding diaryl/α,β-unsaturated/α-hetero) is 1. The number of ketones is 1. The molecule has 1 saturated heterocycles. The van der Waals surface area contributed by atoms with E-state index < -0.39 is 29.4 Å². The van der Waals surface area contributed by atoms with Gasteiger partial charge in [-0.2, -0.15) is 0 Å². The number of hydrogen-bond donors (Lipinski definition) is 2. The van der Waals surface area contributed by atoms with Crippen LogP contribution < -0.4 is 15.4 Å². The summed E-state index contributed by atoms with van der Waals surface area (Å²) in [5, 5.41) is 6.07. The van der Waals surface area contributed by atoms with Crippen LogP contribution in [-0.4, -0.2) is 35.8 Å². The largest absolute Gasteiger partial charge is 0.497 e. The number of rotatable bonds is 7. The Kier molecular flexibility index (Phi) is 7.25. The molecule has 4 atom stereocenters. The molecule has 0 aliphatic carbocycles. The van der Waals surface area contributed by atoms with Crippen molar-refractivity contribution in [3.63, 3.8) is 0 Å². The number of fused-ring (bicyclic) bond motifs is 2. The molecule has 4 unspecified atom stereocenters. The van der Waals surface area contributed by atoms with Crippen molar-refractivity contribution < 1.29 is 19.1 Å². The van der Waals surface area contributed by atoms with Crippen LogP contribution in [0.15, 0.2) is 109 Å². The molecule has 2 N–H and O–H groups in total.